The van der Waals surface area contributed by atoms with Gasteiger partial charge in [-0.15, -0.1) is 0 Å². The second-order valence-electron chi connectivity index (χ2n) is 4.61. The number of nitrogens with zero attached hydrogens (tertiary/aromatic N) is 1. The Bertz CT molecular complexity index is 441. The zero-order valence-corrected chi connectivity index (χ0v) is 11.5. The Hall–Kier alpha value is -2.04. The minimum atomic E-state index is -1.02. The predicted octanol–water partition coefficient (Wildman–Crippen LogP) is 2.75. The van der Waals surface area contributed by atoms with Crippen LogP contribution in [0.2, 0.25) is 0 Å². The van der Waals surface area contributed by atoms with Crippen molar-refractivity contribution in [3.8, 4) is 0 Å². The van der Waals surface area contributed by atoms with Gasteiger partial charge in [-0.2, -0.15) is 0 Å². The lowest BCUT2D eigenvalue weighted by Crippen LogP contribution is -2.38. The Morgan fingerprint density at radius 2 is 1.84 bits per heavy atom. The van der Waals surface area contributed by atoms with Crippen LogP contribution in [0.4, 0.5) is 10.5 Å². The van der Waals surface area contributed by atoms with Crippen molar-refractivity contribution in [1.29, 1.82) is 0 Å². The second kappa shape index (κ2) is 6.78. The molecule has 0 radical (unpaired) electrons. The summed E-state index contributed by atoms with van der Waals surface area (Å²) in [6, 6.07) is 7.15. The molecule has 0 spiro atoms. The highest BCUT2D eigenvalue weighted by atomic mass is 16.4. The first-order chi connectivity index (χ1) is 8.93. The van der Waals surface area contributed by atoms with Crippen LogP contribution in [0.1, 0.15) is 32.3 Å². The van der Waals surface area contributed by atoms with Gasteiger partial charge in [0.25, 0.3) is 0 Å². The highest BCUT2D eigenvalue weighted by Crippen LogP contribution is 2.17. The number of carboxylic acid groups (broad SMARTS) is 1. The van der Waals surface area contributed by atoms with Crippen molar-refractivity contribution in [2.45, 2.75) is 26.7 Å². The smallest absolute Gasteiger partial charge is 0.323 e. The number of likely N-dealkylation sites (N-methyl/N-ethyl adjacent to an activating group) is 1. The highest BCUT2D eigenvalue weighted by molar-refractivity contribution is 5.91. The average Bonchev–Trinajstić information content (AvgIpc) is 2.36. The molecule has 0 heterocycles. The van der Waals surface area contributed by atoms with E-state index < -0.39 is 12.0 Å². The van der Waals surface area contributed by atoms with Crippen LogP contribution in [0.15, 0.2) is 24.3 Å². The van der Waals surface area contributed by atoms with E-state index in [4.69, 9.17) is 5.11 Å². The summed E-state index contributed by atoms with van der Waals surface area (Å²) < 4.78 is 0. The Balaban J connectivity index is 2.67. The van der Waals surface area contributed by atoms with Gasteiger partial charge in [-0.1, -0.05) is 26.0 Å². The summed E-state index contributed by atoms with van der Waals surface area (Å²) in [5.41, 5.74) is 1.86. The monoisotopic (exact) mass is 264 g/mol. The average molecular weight is 264 g/mol. The van der Waals surface area contributed by atoms with Crippen LogP contribution in [0.3, 0.4) is 0 Å². The maximum Gasteiger partial charge on any atom is 0.323 e. The van der Waals surface area contributed by atoms with E-state index in [1.54, 1.807) is 6.92 Å². The van der Waals surface area contributed by atoms with E-state index in [0.717, 1.165) is 0 Å². The number of carbonyl (C=O) groups excluding carboxylic acids is 1. The third kappa shape index (κ3) is 4.62. The molecule has 19 heavy (non-hydrogen) atoms. The minimum Gasteiger partial charge on any atom is -0.480 e. The van der Waals surface area contributed by atoms with Crippen LogP contribution in [0, 0.1) is 0 Å². The molecule has 0 aliphatic rings. The molecule has 0 fully saturated rings. The van der Waals surface area contributed by atoms with Gasteiger partial charge in [-0.25, -0.2) is 4.79 Å². The molecule has 1 aromatic rings. The van der Waals surface area contributed by atoms with Gasteiger partial charge in [-0.05, 0) is 30.5 Å². The molecule has 0 bridgehead atoms. The number of amides is 2. The number of hydrogen-bond donors (Lipinski definition) is 2. The van der Waals surface area contributed by atoms with Gasteiger partial charge in [0.1, 0.15) is 6.54 Å². The van der Waals surface area contributed by atoms with Crippen molar-refractivity contribution in [3.63, 3.8) is 0 Å². The lowest BCUT2D eigenvalue weighted by atomic mass is 10.0. The number of hydrogen-bond acceptors (Lipinski definition) is 2. The highest BCUT2D eigenvalue weighted by Gasteiger charge is 2.14. The molecule has 0 atom stereocenters. The van der Waals surface area contributed by atoms with Gasteiger partial charge in [0, 0.05) is 12.2 Å². The van der Waals surface area contributed by atoms with Gasteiger partial charge in [0.05, 0.1) is 0 Å². The molecule has 1 aromatic carbocycles. The topological polar surface area (TPSA) is 69.6 Å². The molecule has 0 aromatic heterocycles. The van der Waals surface area contributed by atoms with Crippen molar-refractivity contribution in [2.24, 2.45) is 0 Å². The van der Waals surface area contributed by atoms with Crippen molar-refractivity contribution in [1.82, 2.24) is 4.90 Å². The quantitative estimate of drug-likeness (QED) is 0.859. The zero-order valence-electron chi connectivity index (χ0n) is 11.5. The molecule has 5 heteroatoms. The third-order valence-corrected chi connectivity index (χ3v) is 2.82. The summed E-state index contributed by atoms with van der Waals surface area (Å²) in [6.07, 6.45) is 0. The number of rotatable bonds is 5. The summed E-state index contributed by atoms with van der Waals surface area (Å²) in [5, 5.41) is 11.4. The molecule has 1 rings (SSSR count). The van der Waals surface area contributed by atoms with Crippen LogP contribution in [0.25, 0.3) is 0 Å². The molecule has 0 aliphatic heterocycles. The molecular formula is C14H20N2O3. The predicted molar refractivity (Wildman–Crippen MR) is 74.4 cm³/mol. The number of carbonyl (C=O) groups is 2. The van der Waals surface area contributed by atoms with Crippen LogP contribution < -0.4 is 5.32 Å². The fraction of sp³-hybridized carbons (Fsp3) is 0.429. The SMILES string of the molecule is CCN(CC(=O)O)C(=O)Nc1ccc(C(C)C)cc1. The minimum absolute atomic E-state index is 0.299. The Kier molecular flexibility index (Phi) is 5.36. The van der Waals surface area contributed by atoms with E-state index in [0.29, 0.717) is 18.2 Å². The summed E-state index contributed by atoms with van der Waals surface area (Å²) in [7, 11) is 0. The van der Waals surface area contributed by atoms with Crippen molar-refractivity contribution in [2.75, 3.05) is 18.4 Å². The second-order valence-corrected chi connectivity index (χ2v) is 4.61. The lowest BCUT2D eigenvalue weighted by molar-refractivity contribution is -0.137. The maximum absolute atomic E-state index is 11.8. The Labute approximate surface area is 113 Å². The molecule has 0 aliphatic carbocycles. The summed E-state index contributed by atoms with van der Waals surface area (Å²) in [6.45, 7) is 5.98. The van der Waals surface area contributed by atoms with Gasteiger partial charge < -0.3 is 15.3 Å². The lowest BCUT2D eigenvalue weighted by Gasteiger charge is -2.19. The van der Waals surface area contributed by atoms with Gasteiger partial charge >= 0.3 is 12.0 Å². The molecule has 0 saturated heterocycles. The first-order valence-electron chi connectivity index (χ1n) is 6.31. The largest absolute Gasteiger partial charge is 0.480 e. The van der Waals surface area contributed by atoms with Gasteiger partial charge in [0.15, 0.2) is 0 Å². The van der Waals surface area contributed by atoms with E-state index in [1.807, 2.05) is 24.3 Å². The van der Waals surface area contributed by atoms with Crippen molar-refractivity contribution >= 4 is 17.7 Å². The van der Waals surface area contributed by atoms with Crippen LogP contribution >= 0.6 is 0 Å². The Morgan fingerprint density at radius 3 is 2.26 bits per heavy atom. The van der Waals surface area contributed by atoms with Crippen LogP contribution in [-0.2, 0) is 4.79 Å². The van der Waals surface area contributed by atoms with Crippen molar-refractivity contribution < 1.29 is 14.7 Å². The number of urea groups is 1. The molecule has 2 amide bonds. The maximum atomic E-state index is 11.8. The molecule has 0 saturated carbocycles. The number of carboxylic acids is 1. The van der Waals surface area contributed by atoms with E-state index >= 15 is 0 Å². The summed E-state index contributed by atoms with van der Waals surface area (Å²) in [5.74, 6) is -0.587. The number of anilines is 1. The van der Waals surface area contributed by atoms with E-state index in [9.17, 15) is 9.59 Å². The molecule has 5 nitrogen and oxygen atoms in total. The normalized spacial score (nSPS) is 10.3. The zero-order chi connectivity index (χ0) is 14.4. The van der Waals surface area contributed by atoms with E-state index in [2.05, 4.69) is 19.2 Å². The molecular weight excluding hydrogens is 244 g/mol. The van der Waals surface area contributed by atoms with E-state index in [-0.39, 0.29) is 6.54 Å². The number of nitrogens with one attached hydrogen (secondary N) is 1. The first-order valence-corrected chi connectivity index (χ1v) is 6.31. The molecule has 0 unspecified atom stereocenters. The standard InChI is InChI=1S/C14H20N2O3/c1-4-16(9-13(17)18)14(19)15-12-7-5-11(6-8-12)10(2)3/h5-8,10H,4,9H2,1-3H3,(H,15,19)(H,17,18). The van der Waals surface area contributed by atoms with Crippen molar-refractivity contribution in [3.05, 3.63) is 29.8 Å². The van der Waals surface area contributed by atoms with Gasteiger partial charge in [-0.3, -0.25) is 4.79 Å². The molecule has 2 N–H and O–H groups in total. The Morgan fingerprint density at radius 1 is 1.26 bits per heavy atom. The third-order valence-electron chi connectivity index (χ3n) is 2.82. The summed E-state index contributed by atoms with van der Waals surface area (Å²) in [4.78, 5) is 23.7. The number of benzene rings is 1. The van der Waals surface area contributed by atoms with Crippen LogP contribution in [0.5, 0.6) is 0 Å². The molecule has 104 valence electrons. The van der Waals surface area contributed by atoms with Gasteiger partial charge in [0.2, 0.25) is 0 Å². The first kappa shape index (κ1) is 15.0. The number of aliphatic carboxylic acids is 1. The van der Waals surface area contributed by atoms with Crippen LogP contribution in [-0.4, -0.2) is 35.1 Å². The fourth-order valence-electron chi connectivity index (χ4n) is 1.64. The van der Waals surface area contributed by atoms with E-state index in [1.165, 1.54) is 10.5 Å². The fourth-order valence-corrected chi connectivity index (χ4v) is 1.64. The summed E-state index contributed by atoms with van der Waals surface area (Å²) >= 11 is 0.